The van der Waals surface area contributed by atoms with E-state index in [1.165, 1.54) is 77.0 Å². The maximum absolute atomic E-state index is 5.28. The van der Waals surface area contributed by atoms with Crippen LogP contribution in [0.2, 0.25) is 0 Å². The zero-order chi connectivity index (χ0) is 14.2. The van der Waals surface area contributed by atoms with Crippen molar-refractivity contribution in [1.29, 1.82) is 0 Å². The van der Waals surface area contributed by atoms with Gasteiger partial charge in [-0.1, -0.05) is 38.5 Å². The number of nitrogens with zero attached hydrogens (tertiary/aromatic N) is 1. The minimum Gasteiger partial charge on any atom is -0.295 e. The molecule has 0 spiro atoms. The van der Waals surface area contributed by atoms with Crippen LogP contribution in [0, 0.1) is 12.3 Å². The standard InChI is InChI=1S/C19H33N/c1-3-4-5-6-7-8-9-13-18-15-16-19-14-11-10-12-17(2)20(18)19/h1,17-19H,4-16H2,2H3/t17?,18-,19-/m1/s1. The van der Waals surface area contributed by atoms with Gasteiger partial charge in [0.2, 0.25) is 0 Å². The molecule has 0 aromatic rings. The molecule has 2 heterocycles. The first-order valence-corrected chi connectivity index (χ1v) is 9.04. The van der Waals surface area contributed by atoms with Crippen molar-refractivity contribution in [3.8, 4) is 12.3 Å². The highest BCUT2D eigenvalue weighted by Crippen LogP contribution is 2.36. The van der Waals surface area contributed by atoms with Crippen molar-refractivity contribution in [3.63, 3.8) is 0 Å². The zero-order valence-corrected chi connectivity index (χ0v) is 13.4. The highest BCUT2D eigenvalue weighted by atomic mass is 15.2. The smallest absolute Gasteiger partial charge is 0.0102 e. The Labute approximate surface area is 126 Å². The molecule has 1 nitrogen and oxygen atoms in total. The summed E-state index contributed by atoms with van der Waals surface area (Å²) in [5, 5.41) is 0. The highest BCUT2D eigenvalue weighted by Gasteiger charge is 2.36. The van der Waals surface area contributed by atoms with Crippen molar-refractivity contribution in [2.24, 2.45) is 0 Å². The molecule has 0 bridgehead atoms. The van der Waals surface area contributed by atoms with Gasteiger partial charge >= 0.3 is 0 Å². The normalized spacial score (nSPS) is 30.7. The summed E-state index contributed by atoms with van der Waals surface area (Å²) in [6.45, 7) is 2.47. The average Bonchev–Trinajstić information content (AvgIpc) is 2.76. The number of fused-ring (bicyclic) bond motifs is 1. The molecule has 1 unspecified atom stereocenters. The number of rotatable bonds is 7. The van der Waals surface area contributed by atoms with Gasteiger partial charge in [-0.2, -0.15) is 0 Å². The van der Waals surface area contributed by atoms with Crippen LogP contribution in [0.15, 0.2) is 0 Å². The lowest BCUT2D eigenvalue weighted by molar-refractivity contribution is 0.132. The summed E-state index contributed by atoms with van der Waals surface area (Å²) in [7, 11) is 0. The highest BCUT2D eigenvalue weighted by molar-refractivity contribution is 4.92. The van der Waals surface area contributed by atoms with Crippen molar-refractivity contribution in [1.82, 2.24) is 4.90 Å². The molecule has 114 valence electrons. The van der Waals surface area contributed by atoms with E-state index in [0.29, 0.717) is 0 Å². The van der Waals surface area contributed by atoms with E-state index in [9.17, 15) is 0 Å². The second-order valence-corrected chi connectivity index (χ2v) is 6.98. The van der Waals surface area contributed by atoms with Crippen molar-refractivity contribution in [3.05, 3.63) is 0 Å². The van der Waals surface area contributed by atoms with E-state index in [2.05, 4.69) is 17.7 Å². The van der Waals surface area contributed by atoms with Crippen molar-refractivity contribution in [2.45, 2.75) is 109 Å². The minimum absolute atomic E-state index is 0.839. The van der Waals surface area contributed by atoms with E-state index in [1.54, 1.807) is 0 Å². The van der Waals surface area contributed by atoms with Gasteiger partial charge in [0.05, 0.1) is 0 Å². The van der Waals surface area contributed by atoms with Crippen LogP contribution in [0.5, 0.6) is 0 Å². The summed E-state index contributed by atoms with van der Waals surface area (Å²) in [5.41, 5.74) is 0. The van der Waals surface area contributed by atoms with E-state index in [4.69, 9.17) is 6.42 Å². The largest absolute Gasteiger partial charge is 0.295 e. The molecule has 0 N–H and O–H groups in total. The summed E-state index contributed by atoms with van der Waals surface area (Å²) < 4.78 is 0. The first-order valence-electron chi connectivity index (χ1n) is 9.04. The minimum atomic E-state index is 0.839. The predicted molar refractivity (Wildman–Crippen MR) is 87.7 cm³/mol. The molecular formula is C19H33N. The van der Waals surface area contributed by atoms with Gasteiger partial charge in [0.25, 0.3) is 0 Å². The van der Waals surface area contributed by atoms with Crippen LogP contribution in [-0.2, 0) is 0 Å². The summed E-state index contributed by atoms with van der Waals surface area (Å²) >= 11 is 0. The Bertz CT molecular complexity index is 303. The fourth-order valence-electron chi connectivity index (χ4n) is 4.39. The Kier molecular flexibility index (Phi) is 6.94. The van der Waals surface area contributed by atoms with Crippen LogP contribution in [0.3, 0.4) is 0 Å². The zero-order valence-electron chi connectivity index (χ0n) is 13.4. The molecule has 20 heavy (non-hydrogen) atoms. The molecule has 0 amide bonds. The number of unbranched alkanes of at least 4 members (excludes halogenated alkanes) is 5. The van der Waals surface area contributed by atoms with E-state index < -0.39 is 0 Å². The number of hydrogen-bond donors (Lipinski definition) is 0. The maximum atomic E-state index is 5.28. The van der Waals surface area contributed by atoms with Gasteiger partial charge in [-0.15, -0.1) is 12.3 Å². The Morgan fingerprint density at radius 2 is 1.70 bits per heavy atom. The lowest BCUT2D eigenvalue weighted by Crippen LogP contribution is -2.41. The fraction of sp³-hybridized carbons (Fsp3) is 0.895. The van der Waals surface area contributed by atoms with Gasteiger partial charge in [-0.3, -0.25) is 4.90 Å². The van der Waals surface area contributed by atoms with Gasteiger partial charge in [-0.05, 0) is 45.4 Å². The molecule has 0 aromatic carbocycles. The third-order valence-corrected chi connectivity index (χ3v) is 5.45. The van der Waals surface area contributed by atoms with Crippen LogP contribution in [-0.4, -0.2) is 23.0 Å². The van der Waals surface area contributed by atoms with E-state index in [-0.39, 0.29) is 0 Å². The molecule has 2 aliphatic heterocycles. The molecule has 1 heteroatoms. The first-order chi connectivity index (χ1) is 9.83. The maximum Gasteiger partial charge on any atom is 0.0102 e. The molecule has 0 aromatic heterocycles. The predicted octanol–water partition coefficient (Wildman–Crippen LogP) is 5.15. The van der Waals surface area contributed by atoms with Crippen molar-refractivity contribution < 1.29 is 0 Å². The molecule has 2 fully saturated rings. The summed E-state index contributed by atoms with van der Waals surface area (Å²) in [6, 6.07) is 2.66. The Morgan fingerprint density at radius 1 is 0.950 bits per heavy atom. The lowest BCUT2D eigenvalue weighted by Gasteiger charge is -2.34. The van der Waals surface area contributed by atoms with Gasteiger partial charge in [0.15, 0.2) is 0 Å². The van der Waals surface area contributed by atoms with E-state index in [0.717, 1.165) is 24.5 Å². The van der Waals surface area contributed by atoms with E-state index in [1.807, 2.05) is 0 Å². The quantitative estimate of drug-likeness (QED) is 0.459. The second-order valence-electron chi connectivity index (χ2n) is 6.98. The molecule has 0 aliphatic carbocycles. The third kappa shape index (κ3) is 4.52. The topological polar surface area (TPSA) is 3.24 Å². The summed E-state index contributed by atoms with van der Waals surface area (Å²) in [6.07, 6.45) is 23.2. The van der Waals surface area contributed by atoms with Crippen LogP contribution in [0.25, 0.3) is 0 Å². The molecule has 2 saturated heterocycles. The Balaban J connectivity index is 1.64. The average molecular weight is 275 g/mol. The van der Waals surface area contributed by atoms with Crippen LogP contribution in [0.1, 0.15) is 90.4 Å². The first kappa shape index (κ1) is 15.9. The van der Waals surface area contributed by atoms with Gasteiger partial charge in [-0.25, -0.2) is 0 Å². The van der Waals surface area contributed by atoms with Crippen LogP contribution < -0.4 is 0 Å². The molecule has 0 radical (unpaired) electrons. The van der Waals surface area contributed by atoms with Crippen LogP contribution >= 0.6 is 0 Å². The molecule has 3 atom stereocenters. The fourth-order valence-corrected chi connectivity index (χ4v) is 4.39. The lowest BCUT2D eigenvalue weighted by atomic mass is 10.0. The van der Waals surface area contributed by atoms with E-state index >= 15 is 0 Å². The van der Waals surface area contributed by atoms with Crippen molar-refractivity contribution >= 4 is 0 Å². The van der Waals surface area contributed by atoms with Gasteiger partial charge < -0.3 is 0 Å². The van der Waals surface area contributed by atoms with Gasteiger partial charge in [0, 0.05) is 24.5 Å². The van der Waals surface area contributed by atoms with Crippen molar-refractivity contribution in [2.75, 3.05) is 0 Å². The molecule has 0 saturated carbocycles. The number of terminal acetylenes is 1. The molecule has 2 rings (SSSR count). The Hall–Kier alpha value is -0.480. The van der Waals surface area contributed by atoms with Gasteiger partial charge in [0.1, 0.15) is 0 Å². The molecular weight excluding hydrogens is 242 g/mol. The third-order valence-electron chi connectivity index (χ3n) is 5.45. The summed E-state index contributed by atoms with van der Waals surface area (Å²) in [5.74, 6) is 2.74. The molecule has 2 aliphatic rings. The van der Waals surface area contributed by atoms with Crippen LogP contribution in [0.4, 0.5) is 0 Å². The summed E-state index contributed by atoms with van der Waals surface area (Å²) in [4.78, 5) is 2.91. The Morgan fingerprint density at radius 3 is 2.55 bits per heavy atom. The SMILES string of the molecule is C#CCCCCCCC[C@@H]1CC[C@H]2CCCCC(C)N12. The monoisotopic (exact) mass is 275 g/mol. The number of hydrogen-bond acceptors (Lipinski definition) is 1. The second kappa shape index (κ2) is 8.73.